The van der Waals surface area contributed by atoms with Crippen molar-refractivity contribution in [2.24, 2.45) is 0 Å². The molecule has 0 radical (unpaired) electrons. The molecule has 0 aliphatic rings. The molecule has 1 N–H and O–H groups in total. The lowest BCUT2D eigenvalue weighted by molar-refractivity contribution is -0.112. The fourth-order valence-corrected chi connectivity index (χ4v) is 3.22. The van der Waals surface area contributed by atoms with Crippen molar-refractivity contribution >= 4 is 28.5 Å². The van der Waals surface area contributed by atoms with Crippen molar-refractivity contribution in [2.45, 2.75) is 13.8 Å². The van der Waals surface area contributed by atoms with Gasteiger partial charge in [-0.15, -0.1) is 11.3 Å². The number of aryl methyl sites for hydroxylation is 1. The zero-order chi connectivity index (χ0) is 18.7. The standard InChI is InChI=1S/C19H15FN4OS/c1-12-9-14(13(2)24(12)17-6-4-3-5-16(17)20)10-15(11-21)18(25)23-19-22-7-8-26-19/h3-10H,1-2H3,(H,22,23,25)/b15-10-. The third kappa shape index (κ3) is 3.41. The third-order valence-corrected chi connectivity index (χ3v) is 4.57. The van der Waals surface area contributed by atoms with Gasteiger partial charge < -0.3 is 4.57 Å². The lowest BCUT2D eigenvalue weighted by Gasteiger charge is -2.10. The summed E-state index contributed by atoms with van der Waals surface area (Å²) in [6.45, 7) is 3.66. The molecule has 0 saturated heterocycles. The molecule has 0 spiro atoms. The highest BCUT2D eigenvalue weighted by Gasteiger charge is 2.15. The number of carbonyl (C=O) groups excluding carboxylic acids is 1. The van der Waals surface area contributed by atoms with E-state index in [4.69, 9.17) is 0 Å². The summed E-state index contributed by atoms with van der Waals surface area (Å²) in [6.07, 6.45) is 3.07. The van der Waals surface area contributed by atoms with Crippen molar-refractivity contribution in [3.05, 3.63) is 70.3 Å². The van der Waals surface area contributed by atoms with Gasteiger partial charge in [0.05, 0.1) is 5.69 Å². The number of para-hydroxylation sites is 1. The third-order valence-electron chi connectivity index (χ3n) is 3.88. The minimum absolute atomic E-state index is 0.0472. The molecule has 0 unspecified atom stereocenters. The van der Waals surface area contributed by atoms with Crippen LogP contribution in [0.3, 0.4) is 0 Å². The van der Waals surface area contributed by atoms with E-state index in [1.54, 1.807) is 34.3 Å². The van der Waals surface area contributed by atoms with E-state index in [9.17, 15) is 14.4 Å². The van der Waals surface area contributed by atoms with Gasteiger partial charge in [-0.3, -0.25) is 10.1 Å². The molecule has 3 rings (SSSR count). The topological polar surface area (TPSA) is 70.7 Å². The fourth-order valence-electron chi connectivity index (χ4n) is 2.69. The van der Waals surface area contributed by atoms with E-state index in [0.29, 0.717) is 16.4 Å². The van der Waals surface area contributed by atoms with Crippen molar-refractivity contribution in [1.82, 2.24) is 9.55 Å². The zero-order valence-electron chi connectivity index (χ0n) is 14.2. The minimum atomic E-state index is -0.529. The predicted molar refractivity (Wildman–Crippen MR) is 99.5 cm³/mol. The SMILES string of the molecule is Cc1cc(/C=C(/C#N)C(=O)Nc2nccs2)c(C)n1-c1ccccc1F. The first-order valence-electron chi connectivity index (χ1n) is 7.77. The Hall–Kier alpha value is -3.24. The van der Waals surface area contributed by atoms with Gasteiger partial charge in [0, 0.05) is 23.0 Å². The van der Waals surface area contributed by atoms with Crippen LogP contribution in [-0.4, -0.2) is 15.5 Å². The molecule has 26 heavy (non-hydrogen) atoms. The molecular weight excluding hydrogens is 351 g/mol. The van der Waals surface area contributed by atoms with Crippen LogP contribution in [0.4, 0.5) is 9.52 Å². The van der Waals surface area contributed by atoms with Crippen molar-refractivity contribution in [1.29, 1.82) is 5.26 Å². The Morgan fingerprint density at radius 2 is 2.15 bits per heavy atom. The summed E-state index contributed by atoms with van der Waals surface area (Å²) < 4.78 is 15.9. The maximum atomic E-state index is 14.2. The number of hydrogen-bond acceptors (Lipinski definition) is 4. The summed E-state index contributed by atoms with van der Waals surface area (Å²) in [5.74, 6) is -0.870. The maximum Gasteiger partial charge on any atom is 0.268 e. The molecule has 7 heteroatoms. The number of hydrogen-bond donors (Lipinski definition) is 1. The Morgan fingerprint density at radius 1 is 1.38 bits per heavy atom. The van der Waals surface area contributed by atoms with E-state index in [0.717, 1.165) is 11.4 Å². The monoisotopic (exact) mass is 366 g/mol. The first-order valence-corrected chi connectivity index (χ1v) is 8.65. The molecular formula is C19H15FN4OS. The van der Waals surface area contributed by atoms with Gasteiger partial charge in [0.25, 0.3) is 5.91 Å². The average molecular weight is 366 g/mol. The molecule has 0 aliphatic carbocycles. The summed E-state index contributed by atoms with van der Waals surface area (Å²) in [7, 11) is 0. The summed E-state index contributed by atoms with van der Waals surface area (Å²) in [5, 5.41) is 14.1. The average Bonchev–Trinajstić information content (AvgIpc) is 3.22. The van der Waals surface area contributed by atoms with Crippen LogP contribution in [0, 0.1) is 31.0 Å². The highest BCUT2D eigenvalue weighted by atomic mass is 32.1. The second-order valence-electron chi connectivity index (χ2n) is 5.57. The van der Waals surface area contributed by atoms with Crippen LogP contribution >= 0.6 is 11.3 Å². The summed E-state index contributed by atoms with van der Waals surface area (Å²) >= 11 is 1.27. The zero-order valence-corrected chi connectivity index (χ0v) is 15.0. The van der Waals surface area contributed by atoms with Crippen molar-refractivity contribution < 1.29 is 9.18 Å². The quantitative estimate of drug-likeness (QED) is 0.555. The molecule has 0 aliphatic heterocycles. The van der Waals surface area contributed by atoms with Gasteiger partial charge in [-0.2, -0.15) is 5.26 Å². The Morgan fingerprint density at radius 3 is 2.81 bits per heavy atom. The maximum absolute atomic E-state index is 14.2. The normalized spacial score (nSPS) is 11.2. The number of anilines is 1. The highest BCUT2D eigenvalue weighted by molar-refractivity contribution is 7.13. The number of halogens is 1. The number of amides is 1. The largest absolute Gasteiger partial charge is 0.315 e. The van der Waals surface area contributed by atoms with Gasteiger partial charge in [-0.1, -0.05) is 12.1 Å². The van der Waals surface area contributed by atoms with E-state index in [1.807, 2.05) is 26.0 Å². The van der Waals surface area contributed by atoms with E-state index in [2.05, 4.69) is 10.3 Å². The van der Waals surface area contributed by atoms with E-state index >= 15 is 0 Å². The summed E-state index contributed by atoms with van der Waals surface area (Å²) in [4.78, 5) is 16.2. The van der Waals surface area contributed by atoms with Gasteiger partial charge >= 0.3 is 0 Å². The van der Waals surface area contributed by atoms with Crippen LogP contribution < -0.4 is 5.32 Å². The molecule has 1 aromatic carbocycles. The first-order chi connectivity index (χ1) is 12.5. The lowest BCUT2D eigenvalue weighted by atomic mass is 10.1. The van der Waals surface area contributed by atoms with Crippen LogP contribution in [0.25, 0.3) is 11.8 Å². The second kappa shape index (κ2) is 7.33. The van der Waals surface area contributed by atoms with Gasteiger partial charge in [-0.05, 0) is 43.7 Å². The Labute approximate surface area is 154 Å². The number of nitriles is 1. The van der Waals surface area contributed by atoms with Crippen LogP contribution in [0.1, 0.15) is 17.0 Å². The molecule has 0 saturated carbocycles. The summed E-state index contributed by atoms with van der Waals surface area (Å²) in [5.41, 5.74) is 2.59. The number of nitrogens with one attached hydrogen (secondary N) is 1. The number of aromatic nitrogens is 2. The molecule has 5 nitrogen and oxygen atoms in total. The van der Waals surface area contributed by atoms with Crippen molar-refractivity contribution in [3.63, 3.8) is 0 Å². The Bertz CT molecular complexity index is 1030. The lowest BCUT2D eigenvalue weighted by Crippen LogP contribution is -2.13. The molecule has 0 atom stereocenters. The van der Waals surface area contributed by atoms with Gasteiger partial charge in [0.1, 0.15) is 17.5 Å². The fraction of sp³-hybridized carbons (Fsp3) is 0.105. The van der Waals surface area contributed by atoms with Crippen LogP contribution in [0.2, 0.25) is 0 Å². The molecule has 2 aromatic heterocycles. The van der Waals surface area contributed by atoms with E-state index in [1.165, 1.54) is 23.5 Å². The number of carbonyl (C=O) groups is 1. The van der Waals surface area contributed by atoms with Crippen molar-refractivity contribution in [2.75, 3.05) is 5.32 Å². The Kier molecular flexibility index (Phi) is 4.96. The molecule has 0 bridgehead atoms. The van der Waals surface area contributed by atoms with Crippen LogP contribution in [-0.2, 0) is 4.79 Å². The summed E-state index contributed by atoms with van der Waals surface area (Å²) in [6, 6.07) is 10.2. The molecule has 2 heterocycles. The Balaban J connectivity index is 1.98. The highest BCUT2D eigenvalue weighted by Crippen LogP contribution is 2.24. The number of rotatable bonds is 4. The van der Waals surface area contributed by atoms with Gasteiger partial charge in [-0.25, -0.2) is 9.37 Å². The number of thiazole rings is 1. The van der Waals surface area contributed by atoms with Gasteiger partial charge in [0.2, 0.25) is 0 Å². The molecule has 0 fully saturated rings. The molecule has 3 aromatic rings. The predicted octanol–water partition coefficient (Wildman–Crippen LogP) is 4.24. The first kappa shape index (κ1) is 17.6. The second-order valence-corrected chi connectivity index (χ2v) is 6.47. The van der Waals surface area contributed by atoms with E-state index < -0.39 is 5.91 Å². The van der Waals surface area contributed by atoms with Crippen LogP contribution in [0.15, 0.2) is 47.5 Å². The van der Waals surface area contributed by atoms with Gasteiger partial charge in [0.15, 0.2) is 5.13 Å². The molecule has 130 valence electrons. The number of benzene rings is 1. The molecule has 1 amide bonds. The number of nitrogens with zero attached hydrogens (tertiary/aromatic N) is 3. The minimum Gasteiger partial charge on any atom is -0.315 e. The van der Waals surface area contributed by atoms with E-state index in [-0.39, 0.29) is 11.4 Å². The van der Waals surface area contributed by atoms with Crippen molar-refractivity contribution in [3.8, 4) is 11.8 Å². The smallest absolute Gasteiger partial charge is 0.268 e. The van der Waals surface area contributed by atoms with Crippen LogP contribution in [0.5, 0.6) is 0 Å².